The van der Waals surface area contributed by atoms with Gasteiger partial charge in [0.1, 0.15) is 0 Å². The van der Waals surface area contributed by atoms with Crippen LogP contribution in [0.2, 0.25) is 0 Å². The van der Waals surface area contributed by atoms with Crippen molar-refractivity contribution in [3.05, 3.63) is 59.2 Å². The number of carbonyl (C=O) groups is 1. The predicted octanol–water partition coefficient (Wildman–Crippen LogP) is 2.23. The van der Waals surface area contributed by atoms with Crippen LogP contribution in [-0.2, 0) is 9.84 Å². The van der Waals surface area contributed by atoms with Gasteiger partial charge in [0.25, 0.3) is 5.91 Å². The van der Waals surface area contributed by atoms with Crippen molar-refractivity contribution in [1.29, 1.82) is 5.26 Å². The van der Waals surface area contributed by atoms with Gasteiger partial charge in [-0.15, -0.1) is 0 Å². The van der Waals surface area contributed by atoms with E-state index in [4.69, 9.17) is 5.26 Å². The van der Waals surface area contributed by atoms with Gasteiger partial charge in [-0.2, -0.15) is 5.26 Å². The second kappa shape index (κ2) is 7.41. The second-order valence-electron chi connectivity index (χ2n) is 6.69. The molecule has 0 aliphatic carbocycles. The van der Waals surface area contributed by atoms with E-state index in [0.717, 1.165) is 17.5 Å². The van der Waals surface area contributed by atoms with Gasteiger partial charge in [-0.3, -0.25) is 4.79 Å². The van der Waals surface area contributed by atoms with Gasteiger partial charge >= 0.3 is 0 Å². The molecule has 0 radical (unpaired) electrons. The van der Waals surface area contributed by atoms with E-state index in [2.05, 4.69) is 11.0 Å². The zero-order valence-corrected chi connectivity index (χ0v) is 16.2. The Morgan fingerprint density at radius 2 is 1.67 bits per heavy atom. The van der Waals surface area contributed by atoms with Crippen LogP contribution in [0, 0.1) is 18.3 Å². The van der Waals surface area contributed by atoms with Crippen LogP contribution in [0.1, 0.15) is 21.5 Å². The summed E-state index contributed by atoms with van der Waals surface area (Å²) >= 11 is 0. The number of hydrogen-bond donors (Lipinski definition) is 0. The summed E-state index contributed by atoms with van der Waals surface area (Å²) in [7, 11) is -3.36. The molecule has 0 spiro atoms. The van der Waals surface area contributed by atoms with Gasteiger partial charge in [0.05, 0.1) is 16.5 Å². The maximum atomic E-state index is 12.9. The van der Waals surface area contributed by atoms with Crippen LogP contribution in [0.4, 0.5) is 5.69 Å². The molecule has 7 heteroatoms. The largest absolute Gasteiger partial charge is 0.368 e. The molecule has 2 aromatic carbocycles. The third-order valence-corrected chi connectivity index (χ3v) is 5.91. The summed E-state index contributed by atoms with van der Waals surface area (Å²) in [6.07, 6.45) is 1.14. The summed E-state index contributed by atoms with van der Waals surface area (Å²) in [6, 6.07) is 14.2. The summed E-state index contributed by atoms with van der Waals surface area (Å²) in [4.78, 5) is 17.0. The lowest BCUT2D eigenvalue weighted by Crippen LogP contribution is -2.49. The van der Waals surface area contributed by atoms with Gasteiger partial charge in [0.2, 0.25) is 0 Å². The van der Waals surface area contributed by atoms with Crippen LogP contribution in [0.15, 0.2) is 47.4 Å². The van der Waals surface area contributed by atoms with E-state index in [0.29, 0.717) is 37.3 Å². The van der Waals surface area contributed by atoms with E-state index in [1.807, 2.05) is 19.1 Å². The molecule has 2 aromatic rings. The highest BCUT2D eigenvalue weighted by atomic mass is 32.2. The van der Waals surface area contributed by atoms with Gasteiger partial charge in [-0.1, -0.05) is 6.07 Å². The molecule has 0 atom stereocenters. The number of rotatable bonds is 3. The molecule has 3 rings (SSSR count). The first-order valence-corrected chi connectivity index (χ1v) is 10.5. The minimum atomic E-state index is -3.36. The first-order valence-electron chi connectivity index (χ1n) is 8.64. The minimum Gasteiger partial charge on any atom is -0.368 e. The number of carbonyl (C=O) groups excluding carboxylic acids is 1. The molecular formula is C20H21N3O3S. The minimum absolute atomic E-state index is 0.141. The number of anilines is 1. The highest BCUT2D eigenvalue weighted by Crippen LogP contribution is 2.21. The number of amides is 1. The van der Waals surface area contributed by atoms with E-state index >= 15 is 0 Å². The Labute approximate surface area is 159 Å². The summed E-state index contributed by atoms with van der Waals surface area (Å²) in [6.45, 7) is 4.29. The molecule has 0 saturated carbocycles. The SMILES string of the molecule is Cc1ccc(S(C)(=O)=O)cc1C(=O)N1CCN(c2ccc(C#N)cc2)CC1. The zero-order valence-electron chi connectivity index (χ0n) is 15.3. The van der Waals surface area contributed by atoms with E-state index in [9.17, 15) is 13.2 Å². The Balaban J connectivity index is 1.72. The fraction of sp³-hybridized carbons (Fsp3) is 0.300. The fourth-order valence-corrected chi connectivity index (χ4v) is 3.79. The van der Waals surface area contributed by atoms with Crippen molar-refractivity contribution in [1.82, 2.24) is 4.90 Å². The predicted molar refractivity (Wildman–Crippen MR) is 104 cm³/mol. The maximum absolute atomic E-state index is 12.9. The summed E-state index contributed by atoms with van der Waals surface area (Å²) < 4.78 is 23.6. The maximum Gasteiger partial charge on any atom is 0.254 e. The first kappa shape index (κ1) is 18.9. The van der Waals surface area contributed by atoms with Crippen LogP contribution in [0.5, 0.6) is 0 Å². The Morgan fingerprint density at radius 3 is 2.22 bits per heavy atom. The number of piperazine rings is 1. The van der Waals surface area contributed by atoms with Crippen molar-refractivity contribution in [2.45, 2.75) is 11.8 Å². The van der Waals surface area contributed by atoms with Gasteiger partial charge < -0.3 is 9.80 Å². The van der Waals surface area contributed by atoms with Crippen LogP contribution >= 0.6 is 0 Å². The fourth-order valence-electron chi connectivity index (χ4n) is 3.15. The third-order valence-electron chi connectivity index (χ3n) is 4.80. The molecule has 1 heterocycles. The van der Waals surface area contributed by atoms with Crippen LogP contribution < -0.4 is 4.90 Å². The summed E-state index contributed by atoms with van der Waals surface area (Å²) in [5, 5.41) is 8.89. The lowest BCUT2D eigenvalue weighted by atomic mass is 10.1. The highest BCUT2D eigenvalue weighted by molar-refractivity contribution is 7.90. The average Bonchev–Trinajstić information content (AvgIpc) is 2.67. The summed E-state index contributed by atoms with van der Waals surface area (Å²) in [5.74, 6) is -0.141. The molecular weight excluding hydrogens is 362 g/mol. The smallest absolute Gasteiger partial charge is 0.254 e. The van der Waals surface area contributed by atoms with Crippen molar-refractivity contribution in [2.24, 2.45) is 0 Å². The molecule has 1 saturated heterocycles. The Hall–Kier alpha value is -2.85. The van der Waals surface area contributed by atoms with Crippen LogP contribution in [0.3, 0.4) is 0 Å². The monoisotopic (exact) mass is 383 g/mol. The Bertz CT molecular complexity index is 1000. The van der Waals surface area contributed by atoms with E-state index < -0.39 is 9.84 Å². The molecule has 0 bridgehead atoms. The Morgan fingerprint density at radius 1 is 1.04 bits per heavy atom. The van der Waals surface area contributed by atoms with Crippen molar-refractivity contribution in [3.63, 3.8) is 0 Å². The number of nitriles is 1. The first-order chi connectivity index (χ1) is 12.8. The molecule has 1 fully saturated rings. The van der Waals surface area contributed by atoms with Gasteiger partial charge in [-0.05, 0) is 48.9 Å². The van der Waals surface area contributed by atoms with Crippen molar-refractivity contribution in [3.8, 4) is 6.07 Å². The molecule has 0 unspecified atom stereocenters. The summed E-state index contributed by atoms with van der Waals surface area (Å²) in [5.41, 5.74) is 2.84. The van der Waals surface area contributed by atoms with Crippen LogP contribution in [0.25, 0.3) is 0 Å². The molecule has 27 heavy (non-hydrogen) atoms. The second-order valence-corrected chi connectivity index (χ2v) is 8.70. The molecule has 1 amide bonds. The van der Waals surface area contributed by atoms with E-state index in [1.54, 1.807) is 23.1 Å². The molecule has 1 aliphatic rings. The number of nitrogens with zero attached hydrogens (tertiary/aromatic N) is 3. The van der Waals surface area contributed by atoms with E-state index in [1.165, 1.54) is 12.1 Å². The topological polar surface area (TPSA) is 81.5 Å². The molecule has 140 valence electrons. The number of aryl methyl sites for hydroxylation is 1. The third kappa shape index (κ3) is 4.12. The lowest BCUT2D eigenvalue weighted by Gasteiger charge is -2.36. The molecule has 0 N–H and O–H groups in total. The van der Waals surface area contributed by atoms with Crippen LogP contribution in [-0.4, -0.2) is 51.7 Å². The number of hydrogen-bond acceptors (Lipinski definition) is 5. The average molecular weight is 383 g/mol. The van der Waals surface area contributed by atoms with Crippen molar-refractivity contribution in [2.75, 3.05) is 37.3 Å². The lowest BCUT2D eigenvalue weighted by molar-refractivity contribution is 0.0746. The zero-order chi connectivity index (χ0) is 19.6. The molecule has 1 aliphatic heterocycles. The van der Waals surface area contributed by atoms with Gasteiger partial charge in [0, 0.05) is 43.7 Å². The molecule has 6 nitrogen and oxygen atoms in total. The highest BCUT2D eigenvalue weighted by Gasteiger charge is 2.24. The number of sulfone groups is 1. The van der Waals surface area contributed by atoms with Crippen molar-refractivity contribution >= 4 is 21.4 Å². The van der Waals surface area contributed by atoms with Gasteiger partial charge in [0.15, 0.2) is 9.84 Å². The van der Waals surface area contributed by atoms with Crippen molar-refractivity contribution < 1.29 is 13.2 Å². The quantitative estimate of drug-likeness (QED) is 0.812. The Kier molecular flexibility index (Phi) is 5.19. The molecule has 0 aromatic heterocycles. The number of benzene rings is 2. The standard InChI is InChI=1S/C20H21N3O3S/c1-15-3-8-18(27(2,25)26)13-19(15)20(24)23-11-9-22(10-12-23)17-6-4-16(14-21)5-7-17/h3-8,13H,9-12H2,1-2H3. The normalized spacial score (nSPS) is 14.7. The van der Waals surface area contributed by atoms with E-state index in [-0.39, 0.29) is 10.8 Å². The van der Waals surface area contributed by atoms with Gasteiger partial charge in [-0.25, -0.2) is 8.42 Å².